The topological polar surface area (TPSA) is 43.4 Å². The fourth-order valence-corrected chi connectivity index (χ4v) is 5.56. The molecule has 0 heterocycles. The van der Waals surface area contributed by atoms with Crippen LogP contribution in [0.15, 0.2) is 22.0 Å². The highest BCUT2D eigenvalue weighted by Gasteiger charge is 2.66. The largest absolute Gasteiger partial charge is 0.369 e. The average Bonchev–Trinajstić information content (AvgIpc) is 3.01. The zero-order chi connectivity index (χ0) is 13.8. The molecule has 19 heavy (non-hydrogen) atoms. The lowest BCUT2D eigenvalue weighted by atomic mass is 9.70. The normalized spacial score (nSPS) is 40.3. The lowest BCUT2D eigenvalue weighted by Gasteiger charge is -2.42. The standard InChI is InChI=1S/C14H16O3S2/c1-17-14-8-5-4-7(6-8)9(14)10(15)11(18-2)12(19-3)13(14)16/h4-5,7-9H,6H2,1-3H3/t7-,8+,9+,14-/m0/s1. The minimum absolute atomic E-state index is 0.00769. The SMILES string of the molecule is CO[C@]12C(=O)C(SC)=C(SC)C(=O)[C@H]1[C@H]1C=C[C@@H]2C1. The summed E-state index contributed by atoms with van der Waals surface area (Å²) in [6.07, 6.45) is 8.71. The van der Waals surface area contributed by atoms with E-state index in [2.05, 4.69) is 12.2 Å². The van der Waals surface area contributed by atoms with Crippen molar-refractivity contribution in [3.8, 4) is 0 Å². The van der Waals surface area contributed by atoms with Gasteiger partial charge in [-0.05, 0) is 24.9 Å². The first-order valence-corrected chi connectivity index (χ1v) is 8.71. The molecule has 3 aliphatic rings. The van der Waals surface area contributed by atoms with Gasteiger partial charge in [-0.15, -0.1) is 23.5 Å². The molecule has 1 saturated carbocycles. The first-order chi connectivity index (χ1) is 9.11. The van der Waals surface area contributed by atoms with E-state index in [4.69, 9.17) is 4.74 Å². The molecule has 0 saturated heterocycles. The van der Waals surface area contributed by atoms with Crippen LogP contribution in [-0.2, 0) is 14.3 Å². The van der Waals surface area contributed by atoms with Crippen molar-refractivity contribution in [3.05, 3.63) is 22.0 Å². The smallest absolute Gasteiger partial charge is 0.203 e. The molecule has 3 nitrogen and oxygen atoms in total. The molecule has 0 amide bonds. The van der Waals surface area contributed by atoms with Crippen LogP contribution in [0.4, 0.5) is 0 Å². The molecular weight excluding hydrogens is 280 g/mol. The molecular formula is C14H16O3S2. The van der Waals surface area contributed by atoms with Crippen molar-refractivity contribution >= 4 is 35.1 Å². The van der Waals surface area contributed by atoms with Crippen LogP contribution >= 0.6 is 23.5 Å². The Bertz CT molecular complexity index is 523. The van der Waals surface area contributed by atoms with Crippen molar-refractivity contribution in [2.75, 3.05) is 19.6 Å². The van der Waals surface area contributed by atoms with Gasteiger partial charge in [0.2, 0.25) is 5.78 Å². The number of carbonyl (C=O) groups is 2. The Kier molecular flexibility index (Phi) is 3.19. The Morgan fingerprint density at radius 1 is 1.21 bits per heavy atom. The van der Waals surface area contributed by atoms with Gasteiger partial charge in [-0.1, -0.05) is 12.2 Å². The van der Waals surface area contributed by atoms with Crippen LogP contribution in [0, 0.1) is 17.8 Å². The lowest BCUT2D eigenvalue weighted by Crippen LogP contribution is -2.56. The molecule has 0 aliphatic heterocycles. The van der Waals surface area contributed by atoms with Crippen LogP contribution in [0.1, 0.15) is 6.42 Å². The summed E-state index contributed by atoms with van der Waals surface area (Å²) in [5.41, 5.74) is -0.936. The van der Waals surface area contributed by atoms with Crippen molar-refractivity contribution in [2.45, 2.75) is 12.0 Å². The van der Waals surface area contributed by atoms with Crippen molar-refractivity contribution in [1.29, 1.82) is 0 Å². The van der Waals surface area contributed by atoms with Crippen LogP contribution in [0.2, 0.25) is 0 Å². The first-order valence-electron chi connectivity index (χ1n) is 6.26. The summed E-state index contributed by atoms with van der Waals surface area (Å²) in [5.74, 6) is -0.0109. The quantitative estimate of drug-likeness (QED) is 0.748. The van der Waals surface area contributed by atoms with Gasteiger partial charge in [-0.3, -0.25) is 9.59 Å². The first kappa shape index (κ1) is 13.5. The molecule has 4 atom stereocenters. The van der Waals surface area contributed by atoms with E-state index in [0.29, 0.717) is 9.81 Å². The number of carbonyl (C=O) groups excluding carboxylic acids is 2. The van der Waals surface area contributed by atoms with E-state index >= 15 is 0 Å². The maximum absolute atomic E-state index is 12.9. The minimum atomic E-state index is -0.936. The third-order valence-electron chi connectivity index (χ3n) is 4.58. The fraction of sp³-hybridized carbons (Fsp3) is 0.571. The second-order valence-electron chi connectivity index (χ2n) is 5.13. The Balaban J connectivity index is 2.20. The van der Waals surface area contributed by atoms with Gasteiger partial charge < -0.3 is 4.74 Å². The predicted molar refractivity (Wildman–Crippen MR) is 78.0 cm³/mol. The predicted octanol–water partition coefficient (Wildman–Crippen LogP) is 2.28. The summed E-state index contributed by atoms with van der Waals surface area (Å²) in [6.45, 7) is 0. The van der Waals surface area contributed by atoms with Gasteiger partial charge in [-0.25, -0.2) is 0 Å². The van der Waals surface area contributed by atoms with Gasteiger partial charge in [0.15, 0.2) is 5.78 Å². The second-order valence-corrected chi connectivity index (χ2v) is 6.76. The number of ketones is 2. The Morgan fingerprint density at radius 3 is 2.47 bits per heavy atom. The van der Waals surface area contributed by atoms with E-state index in [1.54, 1.807) is 7.11 Å². The lowest BCUT2D eigenvalue weighted by molar-refractivity contribution is -0.154. The zero-order valence-electron chi connectivity index (χ0n) is 11.1. The number of hydrogen-bond acceptors (Lipinski definition) is 5. The number of methoxy groups -OCH3 is 1. The summed E-state index contributed by atoms with van der Waals surface area (Å²) in [5, 5.41) is 0. The number of thioether (sulfide) groups is 2. The van der Waals surface area contributed by atoms with Crippen LogP contribution in [-0.4, -0.2) is 36.8 Å². The van der Waals surface area contributed by atoms with Crippen molar-refractivity contribution < 1.29 is 14.3 Å². The van der Waals surface area contributed by atoms with Gasteiger partial charge in [0.05, 0.1) is 15.7 Å². The van der Waals surface area contributed by atoms with Crippen LogP contribution in [0.5, 0.6) is 0 Å². The second kappa shape index (κ2) is 4.50. The molecule has 3 rings (SSSR count). The van der Waals surface area contributed by atoms with Crippen molar-refractivity contribution in [2.24, 2.45) is 17.8 Å². The highest BCUT2D eigenvalue weighted by molar-refractivity contribution is 8.07. The molecule has 3 aliphatic carbocycles. The number of allylic oxidation sites excluding steroid dienone is 2. The van der Waals surface area contributed by atoms with Gasteiger partial charge in [-0.2, -0.15) is 0 Å². The summed E-state index contributed by atoms with van der Waals surface area (Å²) in [4.78, 5) is 26.8. The van der Waals surface area contributed by atoms with Gasteiger partial charge in [0, 0.05) is 13.0 Å². The number of Topliss-reactive ketones (excluding diaryl/α,β-unsaturated/α-hetero) is 2. The fourth-order valence-electron chi connectivity index (χ4n) is 3.82. The van der Waals surface area contributed by atoms with E-state index in [-0.39, 0.29) is 29.3 Å². The molecule has 0 radical (unpaired) electrons. The summed E-state index contributed by atoms with van der Waals surface area (Å²) < 4.78 is 5.67. The van der Waals surface area contributed by atoms with E-state index in [0.717, 1.165) is 6.42 Å². The number of ether oxygens (including phenoxy) is 1. The third kappa shape index (κ3) is 1.46. The minimum Gasteiger partial charge on any atom is -0.369 e. The summed E-state index contributed by atoms with van der Waals surface area (Å²) >= 11 is 2.75. The summed E-state index contributed by atoms with van der Waals surface area (Å²) in [6, 6.07) is 0. The van der Waals surface area contributed by atoms with E-state index < -0.39 is 5.60 Å². The van der Waals surface area contributed by atoms with E-state index in [1.807, 2.05) is 12.5 Å². The molecule has 2 bridgehead atoms. The molecule has 0 spiro atoms. The van der Waals surface area contributed by atoms with Crippen molar-refractivity contribution in [1.82, 2.24) is 0 Å². The van der Waals surface area contributed by atoms with E-state index in [9.17, 15) is 9.59 Å². The van der Waals surface area contributed by atoms with Gasteiger partial charge >= 0.3 is 0 Å². The maximum atomic E-state index is 12.9. The maximum Gasteiger partial charge on any atom is 0.203 e. The van der Waals surface area contributed by atoms with Crippen LogP contribution in [0.3, 0.4) is 0 Å². The number of fused-ring (bicyclic) bond motifs is 5. The zero-order valence-corrected chi connectivity index (χ0v) is 12.8. The van der Waals surface area contributed by atoms with Crippen LogP contribution < -0.4 is 0 Å². The van der Waals surface area contributed by atoms with Crippen LogP contribution in [0.25, 0.3) is 0 Å². The van der Waals surface area contributed by atoms with Gasteiger partial charge in [0.1, 0.15) is 5.60 Å². The Hall–Kier alpha value is -0.520. The Morgan fingerprint density at radius 2 is 1.89 bits per heavy atom. The molecule has 0 aromatic carbocycles. The highest BCUT2D eigenvalue weighted by Crippen LogP contribution is 2.58. The van der Waals surface area contributed by atoms with Crippen molar-refractivity contribution in [3.63, 3.8) is 0 Å². The average molecular weight is 296 g/mol. The molecule has 5 heteroatoms. The molecule has 0 aromatic heterocycles. The molecule has 0 aromatic rings. The summed E-state index contributed by atoms with van der Waals surface area (Å²) in [7, 11) is 1.56. The number of rotatable bonds is 3. The van der Waals surface area contributed by atoms with Gasteiger partial charge in [0.25, 0.3) is 0 Å². The Labute approximate surface area is 121 Å². The highest BCUT2D eigenvalue weighted by atomic mass is 32.2. The molecule has 0 N–H and O–H groups in total. The number of hydrogen-bond donors (Lipinski definition) is 0. The molecule has 0 unspecified atom stereocenters. The molecule has 102 valence electrons. The third-order valence-corrected chi connectivity index (χ3v) is 6.32. The molecule has 1 fully saturated rings. The monoisotopic (exact) mass is 296 g/mol. The van der Waals surface area contributed by atoms with E-state index in [1.165, 1.54) is 23.5 Å².